The first-order valence-electron chi connectivity index (χ1n) is 12.8. The van der Waals surface area contributed by atoms with Gasteiger partial charge in [-0.3, -0.25) is 4.79 Å². The molecule has 39 heavy (non-hydrogen) atoms. The van der Waals surface area contributed by atoms with Gasteiger partial charge in [-0.05, 0) is 65.6 Å². The maximum Gasteiger partial charge on any atom is 0.338 e. The smallest absolute Gasteiger partial charge is 0.338 e. The largest absolute Gasteiger partial charge is 0.502 e. The zero-order valence-electron chi connectivity index (χ0n) is 21.8. The molecule has 9 nitrogen and oxygen atoms in total. The van der Waals surface area contributed by atoms with Gasteiger partial charge in [0.05, 0.1) is 38.9 Å². The maximum atomic E-state index is 13.4. The SMILES string of the molecule is CCOC(=O)c1ccc([C@@H]2c3cc4c(cc3[C@@H](c3cc(OC)c(O)c(OC)c3)[C@H]3C(=O)OC[C@H]23)OCO4)cc1. The van der Waals surface area contributed by atoms with Crippen LogP contribution >= 0.6 is 0 Å². The number of aromatic hydroxyl groups is 1. The zero-order chi connectivity index (χ0) is 27.3. The Hall–Kier alpha value is -4.40. The molecule has 1 N–H and O–H groups in total. The van der Waals surface area contributed by atoms with Crippen molar-refractivity contribution in [1.29, 1.82) is 0 Å². The van der Waals surface area contributed by atoms with Gasteiger partial charge in [-0.15, -0.1) is 0 Å². The van der Waals surface area contributed by atoms with Crippen molar-refractivity contribution in [2.75, 3.05) is 34.2 Å². The van der Waals surface area contributed by atoms with Crippen LogP contribution in [0.2, 0.25) is 0 Å². The Morgan fingerprint density at radius 2 is 1.51 bits per heavy atom. The predicted octanol–water partition coefficient (Wildman–Crippen LogP) is 4.38. The molecule has 0 aromatic heterocycles. The minimum absolute atomic E-state index is 0.109. The second-order valence-corrected chi connectivity index (χ2v) is 9.73. The lowest BCUT2D eigenvalue weighted by Crippen LogP contribution is -2.35. The second-order valence-electron chi connectivity index (χ2n) is 9.73. The summed E-state index contributed by atoms with van der Waals surface area (Å²) in [5, 5.41) is 10.5. The molecule has 2 heterocycles. The van der Waals surface area contributed by atoms with Crippen LogP contribution in [0.25, 0.3) is 0 Å². The summed E-state index contributed by atoms with van der Waals surface area (Å²) < 4.78 is 33.1. The molecule has 0 radical (unpaired) electrons. The van der Waals surface area contributed by atoms with Crippen LogP contribution in [-0.4, -0.2) is 51.3 Å². The fraction of sp³-hybridized carbons (Fsp3) is 0.333. The molecule has 0 spiro atoms. The van der Waals surface area contributed by atoms with Gasteiger partial charge in [-0.25, -0.2) is 4.79 Å². The Kier molecular flexibility index (Phi) is 6.21. The number of rotatable bonds is 6. The molecule has 0 unspecified atom stereocenters. The second kappa shape index (κ2) is 9.72. The maximum absolute atomic E-state index is 13.4. The van der Waals surface area contributed by atoms with Crippen molar-refractivity contribution in [3.8, 4) is 28.7 Å². The van der Waals surface area contributed by atoms with E-state index in [4.69, 9.17) is 28.4 Å². The van der Waals surface area contributed by atoms with Gasteiger partial charge in [0.2, 0.25) is 12.5 Å². The number of carbonyl (C=O) groups excluding carboxylic acids is 2. The van der Waals surface area contributed by atoms with Crippen molar-refractivity contribution in [1.82, 2.24) is 0 Å². The quantitative estimate of drug-likeness (QED) is 0.463. The number of hydrogen-bond donors (Lipinski definition) is 1. The van der Waals surface area contributed by atoms with Gasteiger partial charge in [0.25, 0.3) is 0 Å². The fourth-order valence-corrected chi connectivity index (χ4v) is 6.12. The van der Waals surface area contributed by atoms with Gasteiger partial charge in [0, 0.05) is 17.8 Å². The van der Waals surface area contributed by atoms with Gasteiger partial charge in [-0.2, -0.15) is 0 Å². The molecule has 9 heteroatoms. The van der Waals surface area contributed by atoms with Crippen molar-refractivity contribution in [2.45, 2.75) is 18.8 Å². The van der Waals surface area contributed by atoms with E-state index in [1.807, 2.05) is 24.3 Å². The molecular formula is C30H28O9. The summed E-state index contributed by atoms with van der Waals surface area (Å²) in [6.07, 6.45) is 0. The van der Waals surface area contributed by atoms with Crippen molar-refractivity contribution in [3.05, 3.63) is 76.3 Å². The number of hydrogen-bond acceptors (Lipinski definition) is 9. The van der Waals surface area contributed by atoms with Gasteiger partial charge in [0.1, 0.15) is 0 Å². The van der Waals surface area contributed by atoms with E-state index < -0.39 is 11.8 Å². The van der Waals surface area contributed by atoms with Gasteiger partial charge in [0.15, 0.2) is 23.0 Å². The molecular weight excluding hydrogens is 504 g/mol. The van der Waals surface area contributed by atoms with Gasteiger partial charge in [-0.1, -0.05) is 12.1 Å². The fourth-order valence-electron chi connectivity index (χ4n) is 6.12. The van der Waals surface area contributed by atoms with Crippen LogP contribution in [0.1, 0.15) is 51.4 Å². The summed E-state index contributed by atoms with van der Waals surface area (Å²) >= 11 is 0. The van der Waals surface area contributed by atoms with E-state index in [9.17, 15) is 14.7 Å². The number of phenolic OH excluding ortho intramolecular Hbond substituents is 1. The number of esters is 2. The molecule has 6 rings (SSSR count). The lowest BCUT2D eigenvalue weighted by Gasteiger charge is -2.39. The van der Waals surface area contributed by atoms with E-state index in [1.54, 1.807) is 31.2 Å². The molecule has 1 fully saturated rings. The topological polar surface area (TPSA) is 110 Å². The molecule has 3 aromatic rings. The summed E-state index contributed by atoms with van der Waals surface area (Å²) in [7, 11) is 2.93. The number of ether oxygens (including phenoxy) is 6. The summed E-state index contributed by atoms with van der Waals surface area (Å²) in [6, 6.07) is 14.7. The summed E-state index contributed by atoms with van der Waals surface area (Å²) in [6.45, 7) is 2.41. The lowest BCUT2D eigenvalue weighted by molar-refractivity contribution is -0.141. The average molecular weight is 533 g/mol. The zero-order valence-corrected chi connectivity index (χ0v) is 21.8. The van der Waals surface area contributed by atoms with Crippen LogP contribution in [0.4, 0.5) is 0 Å². The van der Waals surface area contributed by atoms with E-state index in [1.165, 1.54) is 14.2 Å². The van der Waals surface area contributed by atoms with Crippen LogP contribution in [0, 0.1) is 11.8 Å². The standard InChI is InChI=1S/C30H28O9/c1-4-36-29(32)16-7-5-15(6-8-16)25-18-11-21-22(39-14-38-21)12-19(18)26(27-20(25)13-37-30(27)33)17-9-23(34-2)28(31)24(10-17)35-3/h5-12,20,25-27,31H,4,13-14H2,1-3H3/t20-,25-,26-,27+/m1/s1. The van der Waals surface area contributed by atoms with Crippen LogP contribution in [0.3, 0.4) is 0 Å². The number of cyclic esters (lactones) is 1. The van der Waals surface area contributed by atoms with Crippen molar-refractivity contribution in [3.63, 3.8) is 0 Å². The van der Waals surface area contributed by atoms with Crippen LogP contribution in [0.15, 0.2) is 48.5 Å². The van der Waals surface area contributed by atoms with E-state index in [-0.39, 0.29) is 54.4 Å². The molecule has 3 aliphatic rings. The van der Waals surface area contributed by atoms with Crippen molar-refractivity contribution >= 4 is 11.9 Å². The number of fused-ring (bicyclic) bond motifs is 3. The van der Waals surface area contributed by atoms with Crippen LogP contribution < -0.4 is 18.9 Å². The number of phenols is 1. The highest BCUT2D eigenvalue weighted by atomic mass is 16.7. The highest BCUT2D eigenvalue weighted by Gasteiger charge is 2.53. The highest BCUT2D eigenvalue weighted by molar-refractivity contribution is 5.89. The van der Waals surface area contributed by atoms with Crippen molar-refractivity contribution < 1.29 is 43.1 Å². The Morgan fingerprint density at radius 1 is 0.897 bits per heavy atom. The summed E-state index contributed by atoms with van der Waals surface area (Å²) in [4.78, 5) is 25.6. The molecule has 4 atom stereocenters. The molecule has 0 bridgehead atoms. The minimum atomic E-state index is -0.522. The Morgan fingerprint density at radius 3 is 2.10 bits per heavy atom. The van der Waals surface area contributed by atoms with E-state index >= 15 is 0 Å². The predicted molar refractivity (Wildman–Crippen MR) is 138 cm³/mol. The third kappa shape index (κ3) is 4.00. The molecule has 3 aromatic carbocycles. The number of benzene rings is 3. The summed E-state index contributed by atoms with van der Waals surface area (Å²) in [5.41, 5.74) is 3.99. The summed E-state index contributed by atoms with van der Waals surface area (Å²) in [5.74, 6) is -0.444. The third-order valence-corrected chi connectivity index (χ3v) is 7.83. The van der Waals surface area contributed by atoms with Gasteiger partial charge >= 0.3 is 11.9 Å². The normalized spacial score (nSPS) is 22.5. The number of carbonyl (C=O) groups is 2. The van der Waals surface area contributed by atoms with Gasteiger partial charge < -0.3 is 33.5 Å². The van der Waals surface area contributed by atoms with Crippen molar-refractivity contribution in [2.24, 2.45) is 11.8 Å². The molecule has 0 saturated carbocycles. The first-order chi connectivity index (χ1) is 18.9. The monoisotopic (exact) mass is 532 g/mol. The molecule has 1 aliphatic carbocycles. The Balaban J connectivity index is 1.54. The first-order valence-corrected chi connectivity index (χ1v) is 12.8. The Labute approximate surface area is 225 Å². The van der Waals surface area contributed by atoms with E-state index in [0.717, 1.165) is 22.3 Å². The van der Waals surface area contributed by atoms with Crippen LogP contribution in [-0.2, 0) is 14.3 Å². The highest BCUT2D eigenvalue weighted by Crippen LogP contribution is 2.57. The minimum Gasteiger partial charge on any atom is -0.502 e. The van der Waals surface area contributed by atoms with E-state index in [0.29, 0.717) is 23.7 Å². The van der Waals surface area contributed by atoms with Crippen LogP contribution in [0.5, 0.6) is 28.7 Å². The van der Waals surface area contributed by atoms with E-state index in [2.05, 4.69) is 0 Å². The third-order valence-electron chi connectivity index (χ3n) is 7.83. The molecule has 202 valence electrons. The molecule has 2 aliphatic heterocycles. The lowest BCUT2D eigenvalue weighted by atomic mass is 9.61. The molecule has 0 amide bonds. The number of methoxy groups -OCH3 is 2. The average Bonchev–Trinajstić information content (AvgIpc) is 3.57. The first kappa shape index (κ1) is 24.9. The Bertz CT molecular complexity index is 1420. The molecule has 1 saturated heterocycles.